The van der Waals surface area contributed by atoms with Crippen molar-refractivity contribution < 1.29 is 40.6 Å². The number of carbonyl (C=O) groups is 1. The number of hydrogen-bond acceptors (Lipinski definition) is 3. The number of halogens is 6. The minimum absolute atomic E-state index is 0.185. The molecule has 2 rings (SSSR count). The molecule has 0 unspecified atom stereocenters. The predicted octanol–water partition coefficient (Wildman–Crippen LogP) is 2.09. The molecule has 2 saturated heterocycles. The maximum Gasteiger partial charge on any atom is 0.409 e. The highest BCUT2D eigenvalue weighted by atomic mass is 19.4. The Bertz CT molecular complexity index is 388. The Morgan fingerprint density at radius 3 is 2.05 bits per heavy atom. The zero-order valence-corrected chi connectivity index (χ0v) is 10.8. The zero-order valence-electron chi connectivity index (χ0n) is 10.8. The van der Waals surface area contributed by atoms with Crippen molar-refractivity contribution in [3.05, 3.63) is 0 Å². The van der Waals surface area contributed by atoms with Gasteiger partial charge in [0.15, 0.2) is 5.79 Å². The molecule has 1 amide bonds. The molecule has 0 aliphatic carbocycles. The lowest BCUT2D eigenvalue weighted by Gasteiger charge is -2.40. The van der Waals surface area contributed by atoms with Crippen LogP contribution in [-0.2, 0) is 14.3 Å². The number of rotatable bonds is 1. The number of likely N-dealkylation sites (tertiary alicyclic amines) is 1. The van der Waals surface area contributed by atoms with E-state index in [-0.39, 0.29) is 26.2 Å². The summed E-state index contributed by atoms with van der Waals surface area (Å²) in [6.45, 7) is -0.210. The first-order valence-corrected chi connectivity index (χ1v) is 6.25. The molecule has 10 heteroatoms. The minimum atomic E-state index is -5.68. The number of ether oxygens (including phenoxy) is 2. The number of carbonyl (C=O) groups excluding carboxylic acids is 1. The van der Waals surface area contributed by atoms with Gasteiger partial charge in [0.1, 0.15) is 0 Å². The van der Waals surface area contributed by atoms with Gasteiger partial charge >= 0.3 is 12.4 Å². The van der Waals surface area contributed by atoms with Gasteiger partial charge in [-0.3, -0.25) is 4.79 Å². The summed E-state index contributed by atoms with van der Waals surface area (Å²) in [7, 11) is 0. The Hall–Kier alpha value is -1.03. The van der Waals surface area contributed by atoms with Crippen LogP contribution in [0.5, 0.6) is 0 Å². The van der Waals surface area contributed by atoms with Gasteiger partial charge in [-0.15, -0.1) is 0 Å². The lowest BCUT2D eigenvalue weighted by molar-refractivity contribution is -0.280. The first kappa shape index (κ1) is 16.3. The van der Waals surface area contributed by atoms with Crippen LogP contribution in [0.1, 0.15) is 12.8 Å². The van der Waals surface area contributed by atoms with E-state index in [9.17, 15) is 31.1 Å². The molecule has 2 fully saturated rings. The molecule has 0 bridgehead atoms. The average Bonchev–Trinajstić information content (AvgIpc) is 2.73. The van der Waals surface area contributed by atoms with Crippen molar-refractivity contribution >= 4 is 5.91 Å². The fourth-order valence-corrected chi connectivity index (χ4v) is 2.56. The molecular weight excluding hydrogens is 308 g/mol. The van der Waals surface area contributed by atoms with Crippen LogP contribution in [0.2, 0.25) is 0 Å². The molecule has 0 N–H and O–H groups in total. The van der Waals surface area contributed by atoms with Crippen LogP contribution in [0.15, 0.2) is 0 Å². The van der Waals surface area contributed by atoms with Crippen LogP contribution in [0.4, 0.5) is 26.3 Å². The van der Waals surface area contributed by atoms with Gasteiger partial charge in [0.2, 0.25) is 11.8 Å². The topological polar surface area (TPSA) is 38.8 Å². The van der Waals surface area contributed by atoms with Gasteiger partial charge in [0.25, 0.3) is 0 Å². The summed E-state index contributed by atoms with van der Waals surface area (Å²) in [5, 5.41) is 0. The van der Waals surface area contributed by atoms with Gasteiger partial charge < -0.3 is 14.4 Å². The van der Waals surface area contributed by atoms with Gasteiger partial charge in [-0.05, 0) is 6.42 Å². The van der Waals surface area contributed by atoms with Gasteiger partial charge in [-0.25, -0.2) is 0 Å². The molecular formula is C11H13F6NO3. The van der Waals surface area contributed by atoms with Crippen LogP contribution >= 0.6 is 0 Å². The number of alkyl halides is 6. The van der Waals surface area contributed by atoms with Crippen molar-refractivity contribution in [1.29, 1.82) is 0 Å². The summed E-state index contributed by atoms with van der Waals surface area (Å²) in [6.07, 6.45) is -10.8. The third kappa shape index (κ3) is 3.42. The van der Waals surface area contributed by atoms with Gasteiger partial charge in [-0.1, -0.05) is 0 Å². The van der Waals surface area contributed by atoms with Crippen molar-refractivity contribution in [2.45, 2.75) is 31.0 Å². The lowest BCUT2D eigenvalue weighted by Crippen LogP contribution is -2.56. The number of nitrogens with zero attached hydrogens (tertiary/aromatic N) is 1. The monoisotopic (exact) mass is 321 g/mol. The van der Waals surface area contributed by atoms with Crippen molar-refractivity contribution in [3.8, 4) is 0 Å². The second-order valence-electron chi connectivity index (χ2n) is 4.99. The maximum absolute atomic E-state index is 12.6. The summed E-state index contributed by atoms with van der Waals surface area (Å²) in [6, 6.07) is 0. The number of hydrogen-bond donors (Lipinski definition) is 0. The standard InChI is InChI=1S/C11H13F6NO3/c12-10(13,14)7(11(15,16)17)8(19)18-3-1-2-9(6-18)20-4-5-21-9/h7H,1-6H2. The van der Waals surface area contributed by atoms with E-state index in [0.29, 0.717) is 11.3 Å². The zero-order chi connectivity index (χ0) is 15.9. The largest absolute Gasteiger partial charge is 0.409 e. The maximum atomic E-state index is 12.6. The van der Waals surface area contributed by atoms with Gasteiger partial charge in [0.05, 0.1) is 19.8 Å². The number of piperidine rings is 1. The van der Waals surface area contributed by atoms with E-state index >= 15 is 0 Å². The van der Waals surface area contributed by atoms with E-state index in [2.05, 4.69) is 0 Å². The Kier molecular flexibility index (Phi) is 4.13. The van der Waals surface area contributed by atoms with Gasteiger partial charge in [-0.2, -0.15) is 26.3 Å². The van der Waals surface area contributed by atoms with E-state index in [1.165, 1.54) is 0 Å². The Labute approximate surface area is 116 Å². The average molecular weight is 321 g/mol. The molecule has 0 saturated carbocycles. The Balaban J connectivity index is 2.17. The van der Waals surface area contributed by atoms with E-state index in [4.69, 9.17) is 9.47 Å². The van der Waals surface area contributed by atoms with Crippen LogP contribution in [-0.4, -0.2) is 55.3 Å². The van der Waals surface area contributed by atoms with Crippen molar-refractivity contribution in [1.82, 2.24) is 4.90 Å². The highest BCUT2D eigenvalue weighted by Gasteiger charge is 2.62. The molecule has 0 radical (unpaired) electrons. The summed E-state index contributed by atoms with van der Waals surface area (Å²) < 4.78 is 85.8. The molecule has 2 heterocycles. The fraction of sp³-hybridized carbons (Fsp3) is 0.909. The van der Waals surface area contributed by atoms with Crippen molar-refractivity contribution in [3.63, 3.8) is 0 Å². The van der Waals surface area contributed by atoms with Crippen LogP contribution in [0.3, 0.4) is 0 Å². The summed E-state index contributed by atoms with van der Waals surface area (Å²) in [5.41, 5.74) is 0. The third-order valence-electron chi connectivity index (χ3n) is 3.44. The van der Waals surface area contributed by atoms with Crippen LogP contribution in [0.25, 0.3) is 0 Å². The molecule has 0 aromatic rings. The SMILES string of the molecule is O=C(C(C(F)(F)F)C(F)(F)F)N1CCCC2(C1)OCCO2. The molecule has 0 aromatic heterocycles. The van der Waals surface area contributed by atoms with Crippen molar-refractivity contribution in [2.24, 2.45) is 5.92 Å². The molecule has 1 spiro atoms. The number of amides is 1. The second kappa shape index (κ2) is 5.31. The first-order chi connectivity index (χ1) is 9.55. The summed E-state index contributed by atoms with van der Waals surface area (Å²) in [4.78, 5) is 12.2. The molecule has 122 valence electrons. The second-order valence-corrected chi connectivity index (χ2v) is 4.99. The molecule has 2 aliphatic rings. The molecule has 0 aromatic carbocycles. The van der Waals surface area contributed by atoms with E-state index in [1.54, 1.807) is 0 Å². The highest BCUT2D eigenvalue weighted by Crippen LogP contribution is 2.41. The van der Waals surface area contributed by atoms with Crippen LogP contribution in [0, 0.1) is 5.92 Å². The minimum Gasteiger partial charge on any atom is -0.346 e. The Morgan fingerprint density at radius 1 is 1.05 bits per heavy atom. The van der Waals surface area contributed by atoms with Crippen LogP contribution < -0.4 is 0 Å². The molecule has 0 atom stereocenters. The van der Waals surface area contributed by atoms with Gasteiger partial charge in [0, 0.05) is 13.0 Å². The lowest BCUT2D eigenvalue weighted by atomic mass is 10.0. The molecule has 2 aliphatic heterocycles. The normalized spacial score (nSPS) is 23.1. The van der Waals surface area contributed by atoms with E-state index < -0.39 is 36.5 Å². The summed E-state index contributed by atoms with van der Waals surface area (Å²) in [5.74, 6) is -7.29. The van der Waals surface area contributed by atoms with E-state index in [0.717, 1.165) is 0 Å². The first-order valence-electron chi connectivity index (χ1n) is 6.25. The third-order valence-corrected chi connectivity index (χ3v) is 3.44. The van der Waals surface area contributed by atoms with Crippen molar-refractivity contribution in [2.75, 3.05) is 26.3 Å². The fourth-order valence-electron chi connectivity index (χ4n) is 2.56. The molecule has 4 nitrogen and oxygen atoms in total. The smallest absolute Gasteiger partial charge is 0.346 e. The highest BCUT2D eigenvalue weighted by molar-refractivity contribution is 5.80. The predicted molar refractivity (Wildman–Crippen MR) is 56.0 cm³/mol. The molecule has 21 heavy (non-hydrogen) atoms. The quantitative estimate of drug-likeness (QED) is 0.694. The van der Waals surface area contributed by atoms with E-state index in [1.807, 2.05) is 0 Å². The summed E-state index contributed by atoms with van der Waals surface area (Å²) >= 11 is 0. The Morgan fingerprint density at radius 2 is 1.57 bits per heavy atom.